The van der Waals surface area contributed by atoms with E-state index in [-0.39, 0.29) is 0 Å². The number of anilines is 3. The Morgan fingerprint density at radius 3 is 2.09 bits per heavy atom. The summed E-state index contributed by atoms with van der Waals surface area (Å²) in [5, 5.41) is 0. The van der Waals surface area contributed by atoms with E-state index in [1.807, 2.05) is 25.1 Å². The first kappa shape index (κ1) is 27.8. The number of ether oxygens (including phenoxy) is 1. The molecule has 2 aromatic rings. The molecule has 1 saturated heterocycles. The van der Waals surface area contributed by atoms with Gasteiger partial charge in [0.1, 0.15) is 6.29 Å². The number of hydrogen-bond donors (Lipinski definition) is 2. The molecule has 34 heavy (non-hydrogen) atoms. The number of piperazine rings is 1. The van der Waals surface area contributed by atoms with E-state index < -0.39 is 0 Å². The van der Waals surface area contributed by atoms with Gasteiger partial charge >= 0.3 is 0 Å². The van der Waals surface area contributed by atoms with Crippen LogP contribution in [0.4, 0.5) is 17.1 Å². The lowest BCUT2D eigenvalue weighted by Gasteiger charge is -2.36. The fourth-order valence-electron chi connectivity index (χ4n) is 4.23. The number of rotatable bonds is 10. The number of methoxy groups -OCH3 is 1. The first-order valence-electron chi connectivity index (χ1n) is 12.3. The van der Waals surface area contributed by atoms with Crippen LogP contribution in [0.3, 0.4) is 0 Å². The molecule has 0 saturated carbocycles. The highest BCUT2D eigenvalue weighted by Crippen LogP contribution is 2.33. The standard InChI is InChI=1S/C24H35N5O.C3H8O/c1-19-16-21(18-30)4-6-23(19)29(10-3-8-25)24-7-5-22(17-20(24)2)28-14-12-27(11-9-26)13-15-28;1-3-4-2/h4-7,16-18H,3,8-15,25-26H2,1-2H3;3H2,1-2H3. The predicted molar refractivity (Wildman–Crippen MR) is 144 cm³/mol. The quantitative estimate of drug-likeness (QED) is 0.516. The predicted octanol–water partition coefficient (Wildman–Crippen LogP) is 3.34. The van der Waals surface area contributed by atoms with Crippen LogP contribution in [0.5, 0.6) is 0 Å². The number of nitrogens with zero attached hydrogens (tertiary/aromatic N) is 3. The van der Waals surface area contributed by atoms with Crippen molar-refractivity contribution in [3.05, 3.63) is 53.1 Å². The minimum absolute atomic E-state index is 0.645. The summed E-state index contributed by atoms with van der Waals surface area (Å²) in [7, 11) is 1.68. The Balaban J connectivity index is 0.000000945. The van der Waals surface area contributed by atoms with E-state index in [1.54, 1.807) is 7.11 Å². The second-order valence-electron chi connectivity index (χ2n) is 8.62. The molecule has 4 N–H and O–H groups in total. The fraction of sp³-hybridized carbons (Fsp3) is 0.519. The molecular weight excluding hydrogens is 426 g/mol. The van der Waals surface area contributed by atoms with Gasteiger partial charge in [-0.2, -0.15) is 0 Å². The molecule has 7 heteroatoms. The molecule has 1 heterocycles. The smallest absolute Gasteiger partial charge is 0.150 e. The second kappa shape index (κ2) is 14.7. The minimum atomic E-state index is 0.645. The van der Waals surface area contributed by atoms with Crippen LogP contribution in [0, 0.1) is 13.8 Å². The Hall–Kier alpha value is -2.45. The van der Waals surface area contributed by atoms with Crippen molar-refractivity contribution in [2.24, 2.45) is 11.5 Å². The largest absolute Gasteiger partial charge is 0.385 e. The summed E-state index contributed by atoms with van der Waals surface area (Å²) in [6.07, 6.45) is 1.80. The third-order valence-corrected chi connectivity index (χ3v) is 6.18. The highest BCUT2D eigenvalue weighted by atomic mass is 16.5. The van der Waals surface area contributed by atoms with Crippen molar-refractivity contribution in [3.63, 3.8) is 0 Å². The molecule has 1 aliphatic rings. The van der Waals surface area contributed by atoms with Crippen molar-refractivity contribution in [2.45, 2.75) is 27.2 Å². The van der Waals surface area contributed by atoms with E-state index in [9.17, 15) is 4.79 Å². The molecule has 1 aliphatic heterocycles. The van der Waals surface area contributed by atoms with Gasteiger partial charge in [-0.05, 0) is 81.3 Å². The number of carbonyl (C=O) groups excluding carboxylic acids is 1. The van der Waals surface area contributed by atoms with Crippen molar-refractivity contribution in [1.29, 1.82) is 0 Å². The zero-order chi connectivity index (χ0) is 24.9. The third-order valence-electron chi connectivity index (χ3n) is 6.18. The van der Waals surface area contributed by atoms with Gasteiger partial charge < -0.3 is 26.0 Å². The zero-order valence-electron chi connectivity index (χ0n) is 21.4. The van der Waals surface area contributed by atoms with Crippen molar-refractivity contribution >= 4 is 23.3 Å². The Morgan fingerprint density at radius 2 is 1.59 bits per heavy atom. The molecule has 0 unspecified atom stereocenters. The maximum atomic E-state index is 11.1. The van der Waals surface area contributed by atoms with E-state index >= 15 is 0 Å². The summed E-state index contributed by atoms with van der Waals surface area (Å²) in [6.45, 7) is 14.4. The fourth-order valence-corrected chi connectivity index (χ4v) is 4.23. The van der Waals surface area contributed by atoms with E-state index in [0.29, 0.717) is 12.1 Å². The van der Waals surface area contributed by atoms with E-state index in [0.717, 1.165) is 76.4 Å². The van der Waals surface area contributed by atoms with Crippen molar-refractivity contribution in [1.82, 2.24) is 4.90 Å². The molecule has 3 rings (SSSR count). The minimum Gasteiger partial charge on any atom is -0.385 e. The Morgan fingerprint density at radius 1 is 0.971 bits per heavy atom. The van der Waals surface area contributed by atoms with Crippen LogP contribution in [-0.4, -0.2) is 77.3 Å². The van der Waals surface area contributed by atoms with Gasteiger partial charge in [-0.15, -0.1) is 0 Å². The molecule has 0 aliphatic carbocycles. The Labute approximate surface area is 205 Å². The number of hydrogen-bond acceptors (Lipinski definition) is 7. The van der Waals surface area contributed by atoms with Gasteiger partial charge in [0.25, 0.3) is 0 Å². The van der Waals surface area contributed by atoms with E-state index in [1.165, 1.54) is 16.9 Å². The highest BCUT2D eigenvalue weighted by molar-refractivity contribution is 5.79. The number of aldehydes is 1. The van der Waals surface area contributed by atoms with E-state index in [4.69, 9.17) is 11.5 Å². The topological polar surface area (TPSA) is 88.1 Å². The van der Waals surface area contributed by atoms with Gasteiger partial charge in [-0.25, -0.2) is 0 Å². The van der Waals surface area contributed by atoms with Gasteiger partial charge in [0.15, 0.2) is 0 Å². The summed E-state index contributed by atoms with van der Waals surface area (Å²) in [5.41, 5.74) is 18.1. The second-order valence-corrected chi connectivity index (χ2v) is 8.62. The van der Waals surface area contributed by atoms with Crippen LogP contribution in [0.1, 0.15) is 34.8 Å². The van der Waals surface area contributed by atoms with Gasteiger partial charge in [0.2, 0.25) is 0 Å². The Kier molecular flexibility index (Phi) is 12.0. The van der Waals surface area contributed by atoms with Crippen molar-refractivity contribution < 1.29 is 9.53 Å². The molecule has 0 spiro atoms. The van der Waals surface area contributed by atoms with Crippen molar-refractivity contribution in [3.8, 4) is 0 Å². The summed E-state index contributed by atoms with van der Waals surface area (Å²) in [5.74, 6) is 0. The van der Waals surface area contributed by atoms with Gasteiger partial charge in [0, 0.05) is 82.2 Å². The first-order chi connectivity index (χ1) is 16.5. The number of aryl methyl sites for hydroxylation is 2. The molecule has 2 aromatic carbocycles. The average molecular weight is 470 g/mol. The van der Waals surface area contributed by atoms with Crippen LogP contribution < -0.4 is 21.3 Å². The molecule has 0 radical (unpaired) electrons. The van der Waals surface area contributed by atoms with E-state index in [2.05, 4.69) is 51.5 Å². The van der Waals surface area contributed by atoms with Crippen LogP contribution in [0.25, 0.3) is 0 Å². The molecule has 0 atom stereocenters. The summed E-state index contributed by atoms with van der Waals surface area (Å²) in [4.78, 5) is 18.4. The molecule has 188 valence electrons. The lowest BCUT2D eigenvalue weighted by Crippen LogP contribution is -2.47. The highest BCUT2D eigenvalue weighted by Gasteiger charge is 2.19. The molecule has 1 fully saturated rings. The van der Waals surface area contributed by atoms with Crippen molar-refractivity contribution in [2.75, 3.05) is 75.9 Å². The maximum absolute atomic E-state index is 11.1. The average Bonchev–Trinajstić information content (AvgIpc) is 2.86. The SMILES string of the molecule is CCOC.Cc1cc(C=O)ccc1N(CCCN)c1ccc(N2CCN(CCN)CC2)cc1C. The zero-order valence-corrected chi connectivity index (χ0v) is 21.4. The summed E-state index contributed by atoms with van der Waals surface area (Å²) >= 11 is 0. The molecule has 7 nitrogen and oxygen atoms in total. The lowest BCUT2D eigenvalue weighted by molar-refractivity contribution is 0.112. The number of carbonyl (C=O) groups is 1. The van der Waals surface area contributed by atoms with Crippen LogP contribution in [-0.2, 0) is 4.74 Å². The third kappa shape index (κ3) is 7.81. The molecule has 0 aromatic heterocycles. The molecular formula is C27H43N5O2. The van der Waals surface area contributed by atoms with Gasteiger partial charge in [0.05, 0.1) is 0 Å². The van der Waals surface area contributed by atoms with Gasteiger partial charge in [-0.1, -0.05) is 0 Å². The summed E-state index contributed by atoms with van der Waals surface area (Å²) < 4.78 is 4.54. The number of nitrogens with two attached hydrogens (primary N) is 2. The lowest BCUT2D eigenvalue weighted by atomic mass is 10.1. The van der Waals surface area contributed by atoms with Crippen LogP contribution >= 0.6 is 0 Å². The molecule has 0 bridgehead atoms. The molecule has 0 amide bonds. The first-order valence-corrected chi connectivity index (χ1v) is 12.3. The van der Waals surface area contributed by atoms with Gasteiger partial charge in [-0.3, -0.25) is 9.69 Å². The Bertz CT molecular complexity index is 879. The number of benzene rings is 2. The monoisotopic (exact) mass is 469 g/mol. The van der Waals surface area contributed by atoms with Crippen LogP contribution in [0.2, 0.25) is 0 Å². The summed E-state index contributed by atoms with van der Waals surface area (Å²) in [6, 6.07) is 12.6. The maximum Gasteiger partial charge on any atom is 0.150 e. The van der Waals surface area contributed by atoms with Crippen LogP contribution in [0.15, 0.2) is 36.4 Å². The normalized spacial score (nSPS) is 13.9.